The molecular weight excluding hydrogens is 450 g/mol. The molecule has 1 aromatic carbocycles. The molecule has 1 atom stereocenters. The Hall–Kier alpha value is -1.77. The van der Waals surface area contributed by atoms with Crippen LogP contribution in [0.15, 0.2) is 29.2 Å². The number of ether oxygens (including phenoxy) is 1. The van der Waals surface area contributed by atoms with Crippen LogP contribution >= 0.6 is 11.8 Å². The molecule has 1 rings (SSSR count). The van der Waals surface area contributed by atoms with E-state index in [1.54, 1.807) is 38.4 Å². The molecule has 0 heterocycles. The number of amides is 1. The second-order valence-electron chi connectivity index (χ2n) is 7.57. The predicted molar refractivity (Wildman–Crippen MR) is 128 cm³/mol. The maximum atomic E-state index is 13.3. The van der Waals surface area contributed by atoms with Crippen molar-refractivity contribution >= 4 is 27.7 Å². The van der Waals surface area contributed by atoms with Crippen LogP contribution in [-0.2, 0) is 14.8 Å². The number of thioether (sulfide) groups is 1. The Balaban J connectivity index is 3.09. The second-order valence-corrected chi connectivity index (χ2v) is 11.3. The lowest BCUT2D eigenvalue weighted by atomic mass is 10.0. The monoisotopic (exact) mass is 485 g/mol. The van der Waals surface area contributed by atoms with Crippen LogP contribution in [0.5, 0.6) is 5.75 Å². The van der Waals surface area contributed by atoms with Gasteiger partial charge in [0.05, 0.1) is 4.90 Å². The van der Waals surface area contributed by atoms with E-state index in [4.69, 9.17) is 4.74 Å². The number of nitrogens with zero attached hydrogens (tertiary/aromatic N) is 2. The van der Waals surface area contributed by atoms with Gasteiger partial charge in [0.15, 0.2) is 0 Å². The maximum absolute atomic E-state index is 13.3. The third-order valence-electron chi connectivity index (χ3n) is 5.15. The van der Waals surface area contributed by atoms with E-state index in [-0.39, 0.29) is 11.5 Å². The van der Waals surface area contributed by atoms with Crippen LogP contribution in [0.3, 0.4) is 0 Å². The number of nitrogens with one attached hydrogen (secondary N) is 1. The van der Waals surface area contributed by atoms with Crippen molar-refractivity contribution in [1.82, 2.24) is 14.7 Å². The smallest absolute Gasteiger partial charge is 0.263 e. The van der Waals surface area contributed by atoms with Gasteiger partial charge in [0.25, 0.3) is 5.91 Å². The quantitative estimate of drug-likeness (QED) is 0.251. The number of hydrogen-bond acceptors (Lipinski definition) is 7. The van der Waals surface area contributed by atoms with Gasteiger partial charge in [0.2, 0.25) is 10.0 Å². The van der Waals surface area contributed by atoms with Crippen LogP contribution in [0.1, 0.15) is 34.6 Å². The Morgan fingerprint density at radius 3 is 2.34 bits per heavy atom. The van der Waals surface area contributed by atoms with E-state index in [0.29, 0.717) is 11.5 Å². The number of benzene rings is 1. The molecule has 0 aliphatic heterocycles. The van der Waals surface area contributed by atoms with E-state index in [1.807, 2.05) is 0 Å². The SMILES string of the molecule is CC#CCOc1ccc(S(=O)(=O)N(C)C(C(=O)NO)C(C)(C)SCCN(CC)CC)cc1. The third kappa shape index (κ3) is 7.67. The highest BCUT2D eigenvalue weighted by atomic mass is 32.2. The predicted octanol–water partition coefficient (Wildman–Crippen LogP) is 2.44. The van der Waals surface area contributed by atoms with Crippen molar-refractivity contribution in [2.45, 2.75) is 50.3 Å². The molecule has 1 aromatic rings. The second kappa shape index (κ2) is 13.1. The Morgan fingerprint density at radius 2 is 1.84 bits per heavy atom. The van der Waals surface area contributed by atoms with Crippen LogP contribution in [0.25, 0.3) is 0 Å². The molecule has 0 aliphatic carbocycles. The first-order chi connectivity index (χ1) is 15.0. The molecule has 0 aliphatic rings. The van der Waals surface area contributed by atoms with Gasteiger partial charge in [0, 0.05) is 24.1 Å². The van der Waals surface area contributed by atoms with Crippen molar-refractivity contribution in [3.63, 3.8) is 0 Å². The molecule has 0 saturated carbocycles. The van der Waals surface area contributed by atoms with Gasteiger partial charge in [-0.3, -0.25) is 10.0 Å². The van der Waals surface area contributed by atoms with Crippen LogP contribution in [-0.4, -0.2) is 78.6 Å². The fourth-order valence-electron chi connectivity index (χ4n) is 3.24. The molecule has 8 nitrogen and oxygen atoms in total. The molecule has 10 heteroatoms. The van der Waals surface area contributed by atoms with Gasteiger partial charge >= 0.3 is 0 Å². The van der Waals surface area contributed by atoms with Gasteiger partial charge in [0.1, 0.15) is 18.4 Å². The molecule has 0 bridgehead atoms. The molecule has 180 valence electrons. The molecule has 32 heavy (non-hydrogen) atoms. The van der Waals surface area contributed by atoms with Gasteiger partial charge in [-0.15, -0.1) is 5.92 Å². The number of hydroxylamine groups is 1. The Kier molecular flexibility index (Phi) is 11.5. The summed E-state index contributed by atoms with van der Waals surface area (Å²) in [5.74, 6) is 5.91. The number of carbonyl (C=O) groups excluding carboxylic acids is 1. The Labute approximate surface area is 196 Å². The number of carbonyl (C=O) groups is 1. The molecule has 0 radical (unpaired) electrons. The first kappa shape index (κ1) is 28.3. The van der Waals surface area contributed by atoms with Gasteiger partial charge in [-0.05, 0) is 58.1 Å². The normalized spacial score (nSPS) is 12.9. The summed E-state index contributed by atoms with van der Waals surface area (Å²) in [7, 11) is -2.66. The molecular formula is C22H35N3O5S2. The summed E-state index contributed by atoms with van der Waals surface area (Å²) in [5, 5.41) is 9.32. The summed E-state index contributed by atoms with van der Waals surface area (Å²) in [4.78, 5) is 14.8. The summed E-state index contributed by atoms with van der Waals surface area (Å²) in [5.41, 5.74) is 1.63. The Bertz CT molecular complexity index is 888. The lowest BCUT2D eigenvalue weighted by molar-refractivity contribution is -0.133. The minimum Gasteiger partial charge on any atom is -0.481 e. The largest absolute Gasteiger partial charge is 0.481 e. The topological polar surface area (TPSA) is 99.2 Å². The molecule has 1 unspecified atom stereocenters. The number of sulfonamides is 1. The van der Waals surface area contributed by atoms with Crippen molar-refractivity contribution in [3.8, 4) is 17.6 Å². The average Bonchev–Trinajstić information content (AvgIpc) is 2.77. The number of likely N-dealkylation sites (N-methyl/N-ethyl adjacent to an activating group) is 1. The van der Waals surface area contributed by atoms with Gasteiger partial charge < -0.3 is 9.64 Å². The zero-order valence-electron chi connectivity index (χ0n) is 19.7. The molecule has 0 fully saturated rings. The van der Waals surface area contributed by atoms with E-state index in [9.17, 15) is 18.4 Å². The lowest BCUT2D eigenvalue weighted by Crippen LogP contribution is -2.56. The summed E-state index contributed by atoms with van der Waals surface area (Å²) in [6, 6.07) is 4.81. The third-order valence-corrected chi connectivity index (χ3v) is 8.34. The van der Waals surface area contributed by atoms with Crippen LogP contribution < -0.4 is 10.2 Å². The van der Waals surface area contributed by atoms with Crippen molar-refractivity contribution in [3.05, 3.63) is 24.3 Å². The summed E-state index contributed by atoms with van der Waals surface area (Å²) in [6.45, 7) is 12.3. The zero-order chi connectivity index (χ0) is 24.4. The van der Waals surface area contributed by atoms with Crippen molar-refractivity contribution in [2.75, 3.05) is 39.0 Å². The average molecular weight is 486 g/mol. The van der Waals surface area contributed by atoms with Gasteiger partial charge in [-0.25, -0.2) is 13.9 Å². The minimum absolute atomic E-state index is 0.0219. The van der Waals surface area contributed by atoms with Crippen LogP contribution in [0, 0.1) is 11.8 Å². The molecule has 0 saturated heterocycles. The highest BCUT2D eigenvalue weighted by Gasteiger charge is 2.43. The maximum Gasteiger partial charge on any atom is 0.263 e. The van der Waals surface area contributed by atoms with Gasteiger partial charge in [-0.2, -0.15) is 16.1 Å². The number of rotatable bonds is 13. The summed E-state index contributed by atoms with van der Waals surface area (Å²) < 4.78 is 32.2. The highest BCUT2D eigenvalue weighted by molar-refractivity contribution is 8.00. The first-order valence-electron chi connectivity index (χ1n) is 10.5. The van der Waals surface area contributed by atoms with E-state index < -0.39 is 26.7 Å². The molecule has 0 aromatic heterocycles. The Morgan fingerprint density at radius 1 is 1.25 bits per heavy atom. The molecule has 0 spiro atoms. The fourth-order valence-corrected chi connectivity index (χ4v) is 6.06. The first-order valence-corrected chi connectivity index (χ1v) is 12.9. The minimum atomic E-state index is -4.01. The molecule has 1 amide bonds. The van der Waals surface area contributed by atoms with E-state index in [2.05, 4.69) is 30.6 Å². The van der Waals surface area contributed by atoms with E-state index >= 15 is 0 Å². The van der Waals surface area contributed by atoms with Crippen LogP contribution in [0.2, 0.25) is 0 Å². The molecule has 2 N–H and O–H groups in total. The van der Waals surface area contributed by atoms with Crippen LogP contribution in [0.4, 0.5) is 0 Å². The summed E-state index contributed by atoms with van der Waals surface area (Å²) >= 11 is 1.49. The highest BCUT2D eigenvalue weighted by Crippen LogP contribution is 2.34. The fraction of sp³-hybridized carbons (Fsp3) is 0.591. The summed E-state index contributed by atoms with van der Waals surface area (Å²) in [6.07, 6.45) is 0. The lowest BCUT2D eigenvalue weighted by Gasteiger charge is -2.37. The zero-order valence-corrected chi connectivity index (χ0v) is 21.3. The number of hydrogen-bond donors (Lipinski definition) is 2. The van der Waals surface area contributed by atoms with Gasteiger partial charge in [-0.1, -0.05) is 19.8 Å². The standard InChI is InChI=1S/C22H35N3O5S2/c1-7-10-16-30-18-11-13-19(14-12-18)32(28,29)24(6)20(21(26)23-27)22(4,5)31-17-15-25(8-2)9-3/h11-14,20,27H,8-9,15-17H2,1-6H3,(H,23,26). The van der Waals surface area contributed by atoms with Crippen molar-refractivity contribution in [2.24, 2.45) is 0 Å². The van der Waals surface area contributed by atoms with Crippen molar-refractivity contribution in [1.29, 1.82) is 0 Å². The van der Waals surface area contributed by atoms with E-state index in [0.717, 1.165) is 23.9 Å². The van der Waals surface area contributed by atoms with Crippen molar-refractivity contribution < 1.29 is 23.2 Å². The van der Waals surface area contributed by atoms with E-state index in [1.165, 1.54) is 30.9 Å².